The van der Waals surface area contributed by atoms with E-state index in [4.69, 9.17) is 10.5 Å². The van der Waals surface area contributed by atoms with Crippen molar-refractivity contribution in [2.75, 3.05) is 0 Å². The van der Waals surface area contributed by atoms with Crippen LogP contribution in [0.2, 0.25) is 0 Å². The van der Waals surface area contributed by atoms with Gasteiger partial charge in [0.15, 0.2) is 0 Å². The van der Waals surface area contributed by atoms with Crippen LogP contribution < -0.4 is 10.5 Å². The zero-order valence-electron chi connectivity index (χ0n) is 10.5. The average Bonchev–Trinajstić information content (AvgIpc) is 2.45. The molecule has 2 N–H and O–H groups in total. The second-order valence-electron chi connectivity index (χ2n) is 4.20. The molecule has 0 aliphatic carbocycles. The predicted molar refractivity (Wildman–Crippen MR) is 72.2 cm³/mol. The van der Waals surface area contributed by atoms with Gasteiger partial charge in [-0.05, 0) is 18.6 Å². The van der Waals surface area contributed by atoms with Crippen LogP contribution in [0.1, 0.15) is 30.5 Å². The van der Waals surface area contributed by atoms with Crippen molar-refractivity contribution in [2.45, 2.75) is 26.0 Å². The first-order chi connectivity index (χ1) is 8.81. The molecule has 0 amide bonds. The van der Waals surface area contributed by atoms with Gasteiger partial charge in [0.1, 0.15) is 12.4 Å². The van der Waals surface area contributed by atoms with Crippen molar-refractivity contribution in [1.82, 2.24) is 4.98 Å². The molecule has 1 aromatic heterocycles. The topological polar surface area (TPSA) is 48.1 Å². The van der Waals surface area contributed by atoms with Gasteiger partial charge in [-0.25, -0.2) is 0 Å². The van der Waals surface area contributed by atoms with E-state index in [1.54, 1.807) is 6.20 Å². The van der Waals surface area contributed by atoms with Crippen molar-refractivity contribution in [2.24, 2.45) is 5.73 Å². The van der Waals surface area contributed by atoms with E-state index in [0.29, 0.717) is 6.61 Å². The molecule has 0 radical (unpaired) electrons. The van der Waals surface area contributed by atoms with Gasteiger partial charge in [0, 0.05) is 29.6 Å². The van der Waals surface area contributed by atoms with E-state index in [2.05, 4.69) is 11.9 Å². The predicted octanol–water partition coefficient (Wildman–Crippen LogP) is 3.07. The first kappa shape index (κ1) is 12.6. The number of hydrogen-bond acceptors (Lipinski definition) is 3. The molecule has 2 rings (SSSR count). The molecular weight excluding hydrogens is 224 g/mol. The summed E-state index contributed by atoms with van der Waals surface area (Å²) in [6.45, 7) is 2.59. The lowest BCUT2D eigenvalue weighted by molar-refractivity contribution is 0.300. The maximum atomic E-state index is 6.07. The smallest absolute Gasteiger partial charge is 0.124 e. The van der Waals surface area contributed by atoms with Crippen molar-refractivity contribution in [3.63, 3.8) is 0 Å². The lowest BCUT2D eigenvalue weighted by Crippen LogP contribution is -2.10. The van der Waals surface area contributed by atoms with Crippen LogP contribution in [0.15, 0.2) is 48.8 Å². The van der Waals surface area contributed by atoms with Crippen LogP contribution >= 0.6 is 0 Å². The molecule has 0 saturated carbocycles. The quantitative estimate of drug-likeness (QED) is 0.876. The summed E-state index contributed by atoms with van der Waals surface area (Å²) in [5.41, 5.74) is 8.18. The minimum Gasteiger partial charge on any atom is -0.489 e. The number of para-hydroxylation sites is 1. The zero-order chi connectivity index (χ0) is 12.8. The summed E-state index contributed by atoms with van der Waals surface area (Å²) in [6, 6.07) is 11.9. The summed E-state index contributed by atoms with van der Waals surface area (Å²) in [5.74, 6) is 0.857. The zero-order valence-corrected chi connectivity index (χ0v) is 10.5. The fraction of sp³-hybridized carbons (Fsp3) is 0.267. The van der Waals surface area contributed by atoms with Crippen LogP contribution in [0.25, 0.3) is 0 Å². The van der Waals surface area contributed by atoms with Crippen LogP contribution in [-0.4, -0.2) is 4.98 Å². The van der Waals surface area contributed by atoms with E-state index in [0.717, 1.165) is 23.3 Å². The van der Waals surface area contributed by atoms with E-state index >= 15 is 0 Å². The van der Waals surface area contributed by atoms with Gasteiger partial charge in [-0.3, -0.25) is 4.98 Å². The lowest BCUT2D eigenvalue weighted by atomic mass is 10.0. The highest BCUT2D eigenvalue weighted by Crippen LogP contribution is 2.25. The lowest BCUT2D eigenvalue weighted by Gasteiger charge is -2.15. The van der Waals surface area contributed by atoms with Crippen LogP contribution in [0.4, 0.5) is 0 Å². The third-order valence-electron chi connectivity index (χ3n) is 2.88. The molecule has 0 bridgehead atoms. The fourth-order valence-electron chi connectivity index (χ4n) is 1.78. The van der Waals surface area contributed by atoms with Crippen molar-refractivity contribution in [1.29, 1.82) is 0 Å². The van der Waals surface area contributed by atoms with Crippen molar-refractivity contribution < 1.29 is 4.74 Å². The summed E-state index contributed by atoms with van der Waals surface area (Å²) in [4.78, 5) is 4.07. The first-order valence-corrected chi connectivity index (χ1v) is 6.17. The summed E-state index contributed by atoms with van der Waals surface area (Å²) in [6.07, 6.45) is 4.46. The molecule has 1 atom stereocenters. The molecule has 1 unspecified atom stereocenters. The molecule has 0 spiro atoms. The molecule has 18 heavy (non-hydrogen) atoms. The Bertz CT molecular complexity index is 485. The molecule has 0 aliphatic heterocycles. The minimum atomic E-state index is 0.0232. The van der Waals surface area contributed by atoms with Gasteiger partial charge in [0.2, 0.25) is 0 Å². The first-order valence-electron chi connectivity index (χ1n) is 6.17. The molecule has 2 aromatic rings. The van der Waals surface area contributed by atoms with Gasteiger partial charge < -0.3 is 10.5 Å². The number of nitrogens with two attached hydrogens (primary N) is 1. The molecular formula is C15H18N2O. The number of pyridine rings is 1. The summed E-state index contributed by atoms with van der Waals surface area (Å²) in [7, 11) is 0. The van der Waals surface area contributed by atoms with E-state index in [1.807, 2.05) is 42.6 Å². The normalized spacial score (nSPS) is 12.1. The minimum absolute atomic E-state index is 0.0232. The van der Waals surface area contributed by atoms with Gasteiger partial charge in [-0.15, -0.1) is 0 Å². The summed E-state index contributed by atoms with van der Waals surface area (Å²) < 4.78 is 5.83. The van der Waals surface area contributed by atoms with Crippen molar-refractivity contribution >= 4 is 0 Å². The van der Waals surface area contributed by atoms with Crippen molar-refractivity contribution in [3.8, 4) is 5.75 Å². The highest BCUT2D eigenvalue weighted by atomic mass is 16.5. The SMILES string of the molecule is CCC(N)c1ccccc1OCc1cccnc1. The Morgan fingerprint density at radius 1 is 1.22 bits per heavy atom. The van der Waals surface area contributed by atoms with Crippen LogP contribution in [0.5, 0.6) is 5.75 Å². The fourth-order valence-corrected chi connectivity index (χ4v) is 1.78. The summed E-state index contributed by atoms with van der Waals surface area (Å²) >= 11 is 0. The number of ether oxygens (including phenoxy) is 1. The van der Waals surface area contributed by atoms with Gasteiger partial charge >= 0.3 is 0 Å². The molecule has 0 fully saturated rings. The number of nitrogens with zero attached hydrogens (tertiary/aromatic N) is 1. The average molecular weight is 242 g/mol. The Hall–Kier alpha value is -1.87. The maximum absolute atomic E-state index is 6.07. The number of hydrogen-bond donors (Lipinski definition) is 1. The molecule has 3 heteroatoms. The summed E-state index contributed by atoms with van der Waals surface area (Å²) in [5, 5.41) is 0. The van der Waals surface area contributed by atoms with E-state index in [1.165, 1.54) is 0 Å². The van der Waals surface area contributed by atoms with E-state index < -0.39 is 0 Å². The Labute approximate surface area is 108 Å². The largest absolute Gasteiger partial charge is 0.489 e. The van der Waals surface area contributed by atoms with Gasteiger partial charge in [0.05, 0.1) is 0 Å². The third kappa shape index (κ3) is 3.08. The van der Waals surface area contributed by atoms with E-state index in [9.17, 15) is 0 Å². The van der Waals surface area contributed by atoms with Gasteiger partial charge in [-0.1, -0.05) is 31.2 Å². The number of benzene rings is 1. The van der Waals surface area contributed by atoms with Crippen LogP contribution in [0, 0.1) is 0 Å². The molecule has 1 aromatic carbocycles. The Morgan fingerprint density at radius 2 is 2.06 bits per heavy atom. The molecule has 0 saturated heterocycles. The molecule has 0 aliphatic rings. The highest BCUT2D eigenvalue weighted by molar-refractivity contribution is 5.35. The number of rotatable bonds is 5. The second-order valence-corrected chi connectivity index (χ2v) is 4.20. The molecule has 94 valence electrons. The monoisotopic (exact) mass is 242 g/mol. The molecule has 1 heterocycles. The maximum Gasteiger partial charge on any atom is 0.124 e. The van der Waals surface area contributed by atoms with Crippen LogP contribution in [0.3, 0.4) is 0 Å². The number of aromatic nitrogens is 1. The van der Waals surface area contributed by atoms with Gasteiger partial charge in [-0.2, -0.15) is 0 Å². The highest BCUT2D eigenvalue weighted by Gasteiger charge is 2.09. The molecule has 3 nitrogen and oxygen atoms in total. The second kappa shape index (κ2) is 6.17. The Morgan fingerprint density at radius 3 is 2.78 bits per heavy atom. The van der Waals surface area contributed by atoms with E-state index in [-0.39, 0.29) is 6.04 Å². The Kier molecular flexibility index (Phi) is 4.31. The van der Waals surface area contributed by atoms with Crippen LogP contribution in [-0.2, 0) is 6.61 Å². The van der Waals surface area contributed by atoms with Gasteiger partial charge in [0.25, 0.3) is 0 Å². The standard InChI is InChI=1S/C15H18N2O/c1-2-14(16)13-7-3-4-8-15(13)18-11-12-6-5-9-17-10-12/h3-10,14H,2,11,16H2,1H3. The Balaban J connectivity index is 2.10. The van der Waals surface area contributed by atoms with Crippen molar-refractivity contribution in [3.05, 3.63) is 59.9 Å². The third-order valence-corrected chi connectivity index (χ3v) is 2.88.